The van der Waals surface area contributed by atoms with Crippen LogP contribution in [0, 0.1) is 0 Å². The molecular weight excluding hydrogens is 268 g/mol. The number of benzene rings is 1. The third kappa shape index (κ3) is 2.23. The van der Waals surface area contributed by atoms with Gasteiger partial charge >= 0.3 is 5.97 Å². The molecule has 2 atom stereocenters. The summed E-state index contributed by atoms with van der Waals surface area (Å²) < 4.78 is 15.9. The number of fused-ring (bicyclic) bond motifs is 3. The molecule has 3 rings (SSSR count). The van der Waals surface area contributed by atoms with Gasteiger partial charge in [0, 0.05) is 17.0 Å². The van der Waals surface area contributed by atoms with Crippen LogP contribution in [0.3, 0.4) is 0 Å². The van der Waals surface area contributed by atoms with E-state index in [1.54, 1.807) is 0 Å². The molecule has 4 heteroatoms. The van der Waals surface area contributed by atoms with E-state index in [-0.39, 0.29) is 12.0 Å². The number of ether oxygens (including phenoxy) is 3. The largest absolute Gasteiger partial charge is 0.503 e. The molecule has 21 heavy (non-hydrogen) atoms. The first kappa shape index (κ1) is 13.5. The second kappa shape index (κ2) is 5.48. The number of rotatable bonds is 3. The highest BCUT2D eigenvalue weighted by Crippen LogP contribution is 2.45. The zero-order valence-corrected chi connectivity index (χ0v) is 11.9. The van der Waals surface area contributed by atoms with Gasteiger partial charge in [0.15, 0.2) is 0 Å². The molecule has 0 bridgehead atoms. The highest BCUT2D eigenvalue weighted by Gasteiger charge is 2.35. The van der Waals surface area contributed by atoms with Crippen molar-refractivity contribution in [2.24, 2.45) is 0 Å². The molecule has 2 unspecified atom stereocenters. The maximum Gasteiger partial charge on any atom is 0.341 e. The van der Waals surface area contributed by atoms with Crippen molar-refractivity contribution in [2.45, 2.75) is 12.0 Å². The van der Waals surface area contributed by atoms with Crippen LogP contribution < -0.4 is 4.74 Å². The van der Waals surface area contributed by atoms with Gasteiger partial charge in [0.2, 0.25) is 0 Å². The van der Waals surface area contributed by atoms with Gasteiger partial charge in [-0.15, -0.1) is 0 Å². The maximum atomic E-state index is 12.0. The van der Waals surface area contributed by atoms with Crippen molar-refractivity contribution < 1.29 is 19.0 Å². The van der Waals surface area contributed by atoms with Crippen LogP contribution in [0.25, 0.3) is 5.57 Å². The predicted octanol–water partition coefficient (Wildman–Crippen LogP) is 2.82. The Hall–Kier alpha value is -2.49. The number of esters is 1. The molecule has 1 heterocycles. The van der Waals surface area contributed by atoms with Gasteiger partial charge in [-0.2, -0.15) is 0 Å². The Morgan fingerprint density at radius 3 is 2.81 bits per heavy atom. The standard InChI is InChI=1S/C17H16O4/c1-19-10-14(17(18)20-2)13-8-5-7-12-11-6-3-4-9-15(11)21-16(12)13/h3-11,15H,1-2H3/b14-10+. The number of hydrogen-bond acceptors (Lipinski definition) is 4. The van der Waals surface area contributed by atoms with Gasteiger partial charge in [0.1, 0.15) is 17.4 Å². The molecule has 1 aliphatic heterocycles. The van der Waals surface area contributed by atoms with E-state index in [1.165, 1.54) is 20.5 Å². The second-order valence-electron chi connectivity index (χ2n) is 4.86. The highest BCUT2D eigenvalue weighted by atomic mass is 16.5. The molecule has 1 aliphatic carbocycles. The van der Waals surface area contributed by atoms with E-state index in [2.05, 4.69) is 6.08 Å². The molecule has 0 aromatic heterocycles. The van der Waals surface area contributed by atoms with E-state index in [0.717, 1.165) is 11.3 Å². The smallest absolute Gasteiger partial charge is 0.341 e. The van der Waals surface area contributed by atoms with Gasteiger partial charge in [0.05, 0.1) is 20.5 Å². The molecule has 0 N–H and O–H groups in total. The van der Waals surface area contributed by atoms with Crippen LogP contribution in [0.1, 0.15) is 17.0 Å². The zero-order valence-electron chi connectivity index (χ0n) is 11.9. The summed E-state index contributed by atoms with van der Waals surface area (Å²) in [6.07, 6.45) is 9.48. The lowest BCUT2D eigenvalue weighted by atomic mass is 9.90. The lowest BCUT2D eigenvalue weighted by molar-refractivity contribution is -0.133. The average molecular weight is 284 g/mol. The highest BCUT2D eigenvalue weighted by molar-refractivity contribution is 6.17. The van der Waals surface area contributed by atoms with E-state index < -0.39 is 5.97 Å². The van der Waals surface area contributed by atoms with Crippen molar-refractivity contribution in [3.8, 4) is 5.75 Å². The van der Waals surface area contributed by atoms with E-state index in [4.69, 9.17) is 14.2 Å². The minimum absolute atomic E-state index is 0.0207. The van der Waals surface area contributed by atoms with Crippen LogP contribution in [0.15, 0.2) is 48.8 Å². The first-order valence-electron chi connectivity index (χ1n) is 6.72. The first-order chi connectivity index (χ1) is 10.3. The lowest BCUT2D eigenvalue weighted by Gasteiger charge is -2.14. The average Bonchev–Trinajstić information content (AvgIpc) is 2.91. The SMILES string of the molecule is CO/C=C(/C(=O)OC)c1cccc2c1OC1C=CC=CC21. The molecule has 108 valence electrons. The quantitative estimate of drug-likeness (QED) is 0.486. The fraction of sp³-hybridized carbons (Fsp3) is 0.235. The molecule has 0 spiro atoms. The van der Waals surface area contributed by atoms with Gasteiger partial charge in [-0.25, -0.2) is 4.79 Å². The summed E-state index contributed by atoms with van der Waals surface area (Å²) in [7, 11) is 2.85. The van der Waals surface area contributed by atoms with E-state index >= 15 is 0 Å². The van der Waals surface area contributed by atoms with Gasteiger partial charge in [-0.1, -0.05) is 36.4 Å². The molecule has 0 radical (unpaired) electrons. The summed E-state index contributed by atoms with van der Waals surface area (Å²) in [5, 5.41) is 0. The fourth-order valence-electron chi connectivity index (χ4n) is 2.73. The van der Waals surface area contributed by atoms with Crippen molar-refractivity contribution in [3.05, 3.63) is 59.9 Å². The number of methoxy groups -OCH3 is 2. The number of allylic oxidation sites excluding steroid dienone is 2. The molecule has 0 saturated heterocycles. The van der Waals surface area contributed by atoms with Crippen molar-refractivity contribution in [1.29, 1.82) is 0 Å². The Balaban J connectivity index is 2.09. The van der Waals surface area contributed by atoms with E-state index in [0.29, 0.717) is 11.1 Å². The Labute approximate surface area is 123 Å². The third-order valence-corrected chi connectivity index (χ3v) is 3.67. The minimum Gasteiger partial charge on any atom is -0.503 e. The maximum absolute atomic E-state index is 12.0. The van der Waals surface area contributed by atoms with Crippen molar-refractivity contribution in [2.75, 3.05) is 14.2 Å². The van der Waals surface area contributed by atoms with Crippen molar-refractivity contribution in [1.82, 2.24) is 0 Å². The molecule has 1 aromatic carbocycles. The molecule has 4 nitrogen and oxygen atoms in total. The van der Waals surface area contributed by atoms with Crippen LogP contribution in [-0.2, 0) is 14.3 Å². The number of hydrogen-bond donors (Lipinski definition) is 0. The summed E-state index contributed by atoms with van der Waals surface area (Å²) in [5.74, 6) is 0.457. The Morgan fingerprint density at radius 1 is 1.24 bits per heavy atom. The van der Waals surface area contributed by atoms with Crippen LogP contribution in [0.5, 0.6) is 5.75 Å². The van der Waals surface area contributed by atoms with Gasteiger partial charge < -0.3 is 14.2 Å². The summed E-state index contributed by atoms with van der Waals surface area (Å²) in [6, 6.07) is 5.78. The summed E-state index contributed by atoms with van der Waals surface area (Å²) >= 11 is 0. The summed E-state index contributed by atoms with van der Waals surface area (Å²) in [5.41, 5.74) is 2.12. The van der Waals surface area contributed by atoms with Crippen LogP contribution in [0.4, 0.5) is 0 Å². The topological polar surface area (TPSA) is 44.8 Å². The predicted molar refractivity (Wildman–Crippen MR) is 78.9 cm³/mol. The van der Waals surface area contributed by atoms with Gasteiger partial charge in [-0.3, -0.25) is 0 Å². The van der Waals surface area contributed by atoms with E-state index in [9.17, 15) is 4.79 Å². The molecule has 2 aliphatic rings. The summed E-state index contributed by atoms with van der Waals surface area (Å²) in [6.45, 7) is 0. The minimum atomic E-state index is -0.449. The number of para-hydroxylation sites is 1. The van der Waals surface area contributed by atoms with Crippen LogP contribution >= 0.6 is 0 Å². The fourth-order valence-corrected chi connectivity index (χ4v) is 2.73. The van der Waals surface area contributed by atoms with Crippen molar-refractivity contribution in [3.63, 3.8) is 0 Å². The third-order valence-electron chi connectivity index (χ3n) is 3.67. The Morgan fingerprint density at radius 2 is 2.05 bits per heavy atom. The van der Waals surface area contributed by atoms with Gasteiger partial charge in [-0.05, 0) is 6.08 Å². The van der Waals surface area contributed by atoms with Crippen molar-refractivity contribution >= 4 is 11.5 Å². The Kier molecular flexibility index (Phi) is 3.52. The second-order valence-corrected chi connectivity index (χ2v) is 4.86. The summed E-state index contributed by atoms with van der Waals surface area (Å²) in [4.78, 5) is 12.0. The number of carbonyl (C=O) groups is 1. The molecule has 0 amide bonds. The van der Waals surface area contributed by atoms with Crippen LogP contribution in [-0.4, -0.2) is 26.3 Å². The first-order valence-corrected chi connectivity index (χ1v) is 6.72. The molecule has 1 aromatic rings. The molecule has 0 saturated carbocycles. The zero-order chi connectivity index (χ0) is 14.8. The van der Waals surface area contributed by atoms with Gasteiger partial charge in [0.25, 0.3) is 0 Å². The van der Waals surface area contributed by atoms with Crippen LogP contribution in [0.2, 0.25) is 0 Å². The van der Waals surface area contributed by atoms with E-state index in [1.807, 2.05) is 36.4 Å². The number of carbonyl (C=O) groups excluding carboxylic acids is 1. The Bertz CT molecular complexity index is 655. The lowest BCUT2D eigenvalue weighted by Crippen LogP contribution is -2.15. The molecule has 0 fully saturated rings. The normalized spacial score (nSPS) is 22.3. The monoisotopic (exact) mass is 284 g/mol. The molecular formula is C17H16O4.